The number of aryl methyl sites for hydroxylation is 1. The van der Waals surface area contributed by atoms with E-state index in [4.69, 9.17) is 10.5 Å². The number of carbonyl (C=O) groups excluding carboxylic acids is 1. The number of benzene rings is 1. The molecule has 7 heteroatoms. The minimum Gasteiger partial charge on any atom is -0.497 e. The van der Waals surface area contributed by atoms with Gasteiger partial charge in [-0.2, -0.15) is 5.26 Å². The first kappa shape index (κ1) is 22.6. The lowest BCUT2D eigenvalue weighted by atomic mass is 9.69. The fourth-order valence-electron chi connectivity index (χ4n) is 4.63. The number of carbonyl (C=O) groups is 1. The monoisotopic (exact) mass is 511 g/mol. The second-order valence-electron chi connectivity index (χ2n) is 8.95. The zero-order valence-electron chi connectivity index (χ0n) is 18.7. The molecule has 0 saturated carbocycles. The van der Waals surface area contributed by atoms with Crippen LogP contribution in [0.5, 0.6) is 5.75 Å². The van der Waals surface area contributed by atoms with Crippen LogP contribution in [0.2, 0.25) is 0 Å². The lowest BCUT2D eigenvalue weighted by molar-refractivity contribution is -0.118. The second kappa shape index (κ2) is 8.42. The molecule has 1 aromatic carbocycles. The van der Waals surface area contributed by atoms with E-state index in [1.807, 2.05) is 35.2 Å². The van der Waals surface area contributed by atoms with E-state index >= 15 is 0 Å². The molecule has 32 heavy (non-hydrogen) atoms. The third-order valence-corrected chi connectivity index (χ3v) is 8.41. The van der Waals surface area contributed by atoms with E-state index in [2.05, 4.69) is 42.8 Å². The number of nitriles is 1. The second-order valence-corrected chi connectivity index (χ2v) is 11.0. The summed E-state index contributed by atoms with van der Waals surface area (Å²) in [6, 6.07) is 11.9. The molecule has 0 amide bonds. The van der Waals surface area contributed by atoms with E-state index < -0.39 is 5.92 Å². The fraction of sp³-hybridized carbons (Fsp3) is 0.360. The van der Waals surface area contributed by atoms with Crippen LogP contribution in [-0.4, -0.2) is 12.9 Å². The first-order chi connectivity index (χ1) is 15.2. The van der Waals surface area contributed by atoms with Crippen molar-refractivity contribution >= 4 is 38.7 Å². The first-order valence-electron chi connectivity index (χ1n) is 10.6. The molecule has 1 atom stereocenters. The first-order valence-corrected chi connectivity index (χ1v) is 12.2. The molecule has 0 fully saturated rings. The van der Waals surface area contributed by atoms with Gasteiger partial charge in [0.15, 0.2) is 5.78 Å². The molecular formula is C25H26BrN3O2S. The average molecular weight is 512 g/mol. The Hall–Kier alpha value is -2.56. The maximum atomic E-state index is 13.6. The molecule has 0 saturated heterocycles. The summed E-state index contributed by atoms with van der Waals surface area (Å²) in [6.45, 7) is 6.31. The maximum Gasteiger partial charge on any atom is 0.162 e. The van der Waals surface area contributed by atoms with Crippen LogP contribution < -0.4 is 15.4 Å². The van der Waals surface area contributed by atoms with Crippen molar-refractivity contribution in [3.63, 3.8) is 0 Å². The summed E-state index contributed by atoms with van der Waals surface area (Å²) < 4.78 is 6.31. The number of rotatable bonds is 4. The number of Topliss-reactive ketones (excluding diaryl/α,β-unsaturated/α-hetero) is 1. The molecule has 4 rings (SSSR count). The highest BCUT2D eigenvalue weighted by Crippen LogP contribution is 2.51. The van der Waals surface area contributed by atoms with E-state index in [0.717, 1.165) is 32.9 Å². The van der Waals surface area contributed by atoms with Crippen molar-refractivity contribution in [2.45, 2.75) is 46.0 Å². The van der Waals surface area contributed by atoms with Gasteiger partial charge in [-0.15, -0.1) is 11.3 Å². The van der Waals surface area contributed by atoms with Crippen molar-refractivity contribution < 1.29 is 9.53 Å². The standard InChI is InChI=1S/C25H26BrN3O2S/c1-5-20-17(26)10-21(32-20)22-16(13-27)24(28)29(14-6-8-15(31-4)9-7-14)18-11-25(2,3)12-19(30)23(18)22/h6-10,22H,5,11-12,28H2,1-4H3. The Morgan fingerprint density at radius 1 is 1.31 bits per heavy atom. The molecule has 0 bridgehead atoms. The average Bonchev–Trinajstić information content (AvgIpc) is 3.12. The van der Waals surface area contributed by atoms with Crippen LogP contribution in [0.1, 0.15) is 49.3 Å². The van der Waals surface area contributed by atoms with Crippen molar-refractivity contribution in [3.8, 4) is 11.8 Å². The highest BCUT2D eigenvalue weighted by Gasteiger charge is 2.45. The molecule has 2 heterocycles. The predicted molar refractivity (Wildman–Crippen MR) is 131 cm³/mol. The molecule has 2 aliphatic rings. The largest absolute Gasteiger partial charge is 0.497 e. The van der Waals surface area contributed by atoms with Gasteiger partial charge in [0.05, 0.1) is 24.7 Å². The lowest BCUT2D eigenvalue weighted by Gasteiger charge is -2.43. The Bertz CT molecular complexity index is 1180. The summed E-state index contributed by atoms with van der Waals surface area (Å²) in [5.74, 6) is 0.767. The van der Waals surface area contributed by atoms with Crippen molar-refractivity contribution in [3.05, 3.63) is 67.2 Å². The van der Waals surface area contributed by atoms with Gasteiger partial charge in [0.2, 0.25) is 0 Å². The molecule has 1 aliphatic heterocycles. The Morgan fingerprint density at radius 3 is 2.56 bits per heavy atom. The van der Waals surface area contributed by atoms with E-state index in [0.29, 0.717) is 29.8 Å². The van der Waals surface area contributed by atoms with Crippen molar-refractivity contribution in [2.75, 3.05) is 12.0 Å². The predicted octanol–water partition coefficient (Wildman–Crippen LogP) is 6.02. The maximum absolute atomic E-state index is 13.6. The Kier molecular flexibility index (Phi) is 5.95. The van der Waals surface area contributed by atoms with Crippen LogP contribution in [0, 0.1) is 16.7 Å². The zero-order chi connectivity index (χ0) is 23.2. The number of ketones is 1. The van der Waals surface area contributed by atoms with Crippen LogP contribution in [0.15, 0.2) is 57.5 Å². The summed E-state index contributed by atoms with van der Waals surface area (Å²) in [4.78, 5) is 17.6. The van der Waals surface area contributed by atoms with E-state index in [-0.39, 0.29) is 11.2 Å². The summed E-state index contributed by atoms with van der Waals surface area (Å²) in [7, 11) is 1.62. The smallest absolute Gasteiger partial charge is 0.162 e. The lowest BCUT2D eigenvalue weighted by Crippen LogP contribution is -2.42. The summed E-state index contributed by atoms with van der Waals surface area (Å²) >= 11 is 5.28. The molecule has 2 aromatic rings. The Balaban J connectivity index is 1.96. The molecule has 1 aliphatic carbocycles. The zero-order valence-corrected chi connectivity index (χ0v) is 21.1. The summed E-state index contributed by atoms with van der Waals surface area (Å²) in [6.07, 6.45) is 2.03. The molecule has 166 valence electrons. The molecule has 0 radical (unpaired) electrons. The number of nitrogens with zero attached hydrogens (tertiary/aromatic N) is 2. The van der Waals surface area contributed by atoms with Crippen LogP contribution in [0.4, 0.5) is 5.69 Å². The minimum atomic E-state index is -0.435. The molecule has 0 spiro atoms. The Labute approximate surface area is 201 Å². The highest BCUT2D eigenvalue weighted by molar-refractivity contribution is 9.10. The Morgan fingerprint density at radius 2 is 2.00 bits per heavy atom. The topological polar surface area (TPSA) is 79.3 Å². The molecule has 5 nitrogen and oxygen atoms in total. The number of allylic oxidation sites excluding steroid dienone is 3. The number of nitrogens with two attached hydrogens (primary N) is 1. The van der Waals surface area contributed by atoms with Crippen molar-refractivity contribution in [1.29, 1.82) is 5.26 Å². The van der Waals surface area contributed by atoms with E-state index in [1.54, 1.807) is 18.4 Å². The molecule has 2 N–H and O–H groups in total. The van der Waals surface area contributed by atoms with Gasteiger partial charge in [-0.05, 0) is 64.5 Å². The number of anilines is 1. The van der Waals surface area contributed by atoms with Gasteiger partial charge in [-0.1, -0.05) is 20.8 Å². The summed E-state index contributed by atoms with van der Waals surface area (Å²) in [5.41, 5.74) is 9.31. The van der Waals surface area contributed by atoms with E-state index in [1.165, 1.54) is 4.88 Å². The highest BCUT2D eigenvalue weighted by atomic mass is 79.9. The quantitative estimate of drug-likeness (QED) is 0.542. The third kappa shape index (κ3) is 3.76. The van der Waals surface area contributed by atoms with Gasteiger partial charge in [0, 0.05) is 37.6 Å². The number of hydrogen-bond donors (Lipinski definition) is 1. The van der Waals surface area contributed by atoms with Gasteiger partial charge in [0.25, 0.3) is 0 Å². The van der Waals surface area contributed by atoms with Crippen LogP contribution >= 0.6 is 27.3 Å². The van der Waals surface area contributed by atoms with Gasteiger partial charge >= 0.3 is 0 Å². The SMILES string of the molecule is CCc1sc(C2C(C#N)=C(N)N(c3ccc(OC)cc3)C3=C2C(=O)CC(C)(C)C3)cc1Br. The number of methoxy groups -OCH3 is 1. The van der Waals surface area contributed by atoms with Crippen LogP contribution in [0.25, 0.3) is 0 Å². The van der Waals surface area contributed by atoms with Crippen LogP contribution in [-0.2, 0) is 11.2 Å². The number of ether oxygens (including phenoxy) is 1. The van der Waals surface area contributed by atoms with Crippen molar-refractivity contribution in [2.24, 2.45) is 11.1 Å². The number of halogens is 1. The van der Waals surface area contributed by atoms with Crippen molar-refractivity contribution in [1.82, 2.24) is 0 Å². The van der Waals surface area contributed by atoms with Gasteiger partial charge in [-0.25, -0.2) is 0 Å². The van der Waals surface area contributed by atoms with E-state index in [9.17, 15) is 10.1 Å². The minimum absolute atomic E-state index is 0.0857. The normalized spacial score (nSPS) is 20.3. The number of thiophene rings is 1. The number of hydrogen-bond acceptors (Lipinski definition) is 6. The van der Waals surface area contributed by atoms with Gasteiger partial charge < -0.3 is 10.5 Å². The van der Waals surface area contributed by atoms with Gasteiger partial charge in [-0.3, -0.25) is 9.69 Å². The third-order valence-electron chi connectivity index (χ3n) is 6.09. The van der Waals surface area contributed by atoms with Crippen LogP contribution in [0.3, 0.4) is 0 Å². The molecular weight excluding hydrogens is 486 g/mol. The fourth-order valence-corrected chi connectivity index (χ4v) is 6.67. The summed E-state index contributed by atoms with van der Waals surface area (Å²) in [5, 5.41) is 10.2. The molecule has 1 aromatic heterocycles. The van der Waals surface area contributed by atoms with Gasteiger partial charge in [0.1, 0.15) is 11.6 Å². The molecule has 1 unspecified atom stereocenters.